The van der Waals surface area contributed by atoms with Gasteiger partial charge in [-0.05, 0) is 31.0 Å². The number of nitrogens with one attached hydrogen (secondary N) is 1. The van der Waals surface area contributed by atoms with Crippen LogP contribution in [0.3, 0.4) is 0 Å². The molecule has 1 aromatic rings. The summed E-state index contributed by atoms with van der Waals surface area (Å²) in [7, 11) is 0. The van der Waals surface area contributed by atoms with E-state index in [-0.39, 0.29) is 17.9 Å². The van der Waals surface area contributed by atoms with Gasteiger partial charge in [-0.15, -0.1) is 0 Å². The lowest BCUT2D eigenvalue weighted by molar-refractivity contribution is -0.120. The number of halogens is 2. The van der Waals surface area contributed by atoms with Crippen LogP contribution in [-0.4, -0.2) is 11.9 Å². The lowest BCUT2D eigenvalue weighted by Crippen LogP contribution is -2.34. The molecule has 3 nitrogen and oxygen atoms in total. The molecule has 3 N–H and O–H groups in total. The molecule has 0 spiro atoms. The highest BCUT2D eigenvalue weighted by molar-refractivity contribution is 6.42. The lowest BCUT2D eigenvalue weighted by atomic mass is 10.0. The van der Waals surface area contributed by atoms with Gasteiger partial charge in [-0.25, -0.2) is 0 Å². The van der Waals surface area contributed by atoms with Gasteiger partial charge < -0.3 is 11.1 Å². The largest absolute Gasteiger partial charge is 0.327 e. The second-order valence-electron chi connectivity index (χ2n) is 4.32. The maximum absolute atomic E-state index is 12.0. The van der Waals surface area contributed by atoms with Crippen LogP contribution in [0.15, 0.2) is 18.2 Å². The molecule has 1 aliphatic rings. The van der Waals surface area contributed by atoms with Gasteiger partial charge in [-0.3, -0.25) is 4.79 Å². The second-order valence-corrected chi connectivity index (χ2v) is 5.13. The normalized spacial score (nSPS) is 23.7. The molecule has 0 bridgehead atoms. The van der Waals surface area contributed by atoms with Crippen molar-refractivity contribution in [3.05, 3.63) is 28.2 Å². The molecule has 5 heteroatoms. The molecule has 1 amide bonds. The van der Waals surface area contributed by atoms with Gasteiger partial charge >= 0.3 is 0 Å². The average Bonchev–Trinajstić information content (AvgIpc) is 2.70. The van der Waals surface area contributed by atoms with Crippen LogP contribution in [0.4, 0.5) is 5.69 Å². The van der Waals surface area contributed by atoms with E-state index in [4.69, 9.17) is 28.9 Å². The first kappa shape index (κ1) is 12.7. The molecule has 92 valence electrons. The van der Waals surface area contributed by atoms with E-state index in [9.17, 15) is 4.79 Å². The van der Waals surface area contributed by atoms with E-state index in [0.29, 0.717) is 15.7 Å². The Kier molecular flexibility index (Phi) is 3.92. The highest BCUT2D eigenvalue weighted by Gasteiger charge is 2.30. The van der Waals surface area contributed by atoms with Gasteiger partial charge in [0.15, 0.2) is 0 Å². The first-order valence-electron chi connectivity index (χ1n) is 5.59. The van der Waals surface area contributed by atoms with Crippen molar-refractivity contribution in [3.8, 4) is 0 Å². The molecule has 2 unspecified atom stereocenters. The van der Waals surface area contributed by atoms with Crippen LogP contribution in [0.2, 0.25) is 10.0 Å². The first-order valence-corrected chi connectivity index (χ1v) is 6.35. The summed E-state index contributed by atoms with van der Waals surface area (Å²) in [6.45, 7) is 0. The predicted octanol–water partition coefficient (Wildman–Crippen LogP) is 3.06. The molecular weight excluding hydrogens is 259 g/mol. The smallest absolute Gasteiger partial charge is 0.229 e. The van der Waals surface area contributed by atoms with Crippen LogP contribution in [0.1, 0.15) is 19.3 Å². The van der Waals surface area contributed by atoms with E-state index in [1.54, 1.807) is 18.2 Å². The maximum atomic E-state index is 12.0. The highest BCUT2D eigenvalue weighted by Crippen LogP contribution is 2.28. The van der Waals surface area contributed by atoms with Crippen molar-refractivity contribution >= 4 is 34.8 Å². The minimum absolute atomic E-state index is 0.0298. The molecule has 2 atom stereocenters. The van der Waals surface area contributed by atoms with Gasteiger partial charge in [0, 0.05) is 11.7 Å². The number of amides is 1. The first-order chi connectivity index (χ1) is 8.08. The summed E-state index contributed by atoms with van der Waals surface area (Å²) in [6.07, 6.45) is 2.79. The van der Waals surface area contributed by atoms with E-state index in [1.165, 1.54) is 0 Å². The molecule has 0 aliphatic heterocycles. The molecule has 1 saturated carbocycles. The van der Waals surface area contributed by atoms with Gasteiger partial charge in [-0.1, -0.05) is 29.6 Å². The molecule has 0 saturated heterocycles. The Balaban J connectivity index is 2.05. The molecular formula is C12H14Cl2N2O. The number of benzene rings is 1. The van der Waals surface area contributed by atoms with Gasteiger partial charge in [0.1, 0.15) is 0 Å². The Bertz CT molecular complexity index is 437. The lowest BCUT2D eigenvalue weighted by Gasteiger charge is -2.15. The number of carbonyl (C=O) groups excluding carboxylic acids is 1. The van der Waals surface area contributed by atoms with E-state index >= 15 is 0 Å². The van der Waals surface area contributed by atoms with Crippen molar-refractivity contribution in [2.45, 2.75) is 25.3 Å². The summed E-state index contributed by atoms with van der Waals surface area (Å²) in [6, 6.07) is 5.00. The summed E-state index contributed by atoms with van der Waals surface area (Å²) in [4.78, 5) is 12.0. The molecule has 1 aromatic carbocycles. The molecule has 2 rings (SSSR count). The summed E-state index contributed by atoms with van der Waals surface area (Å²) in [5, 5.41) is 3.73. The SMILES string of the molecule is NC1CCCC1C(=O)Nc1ccc(Cl)c(Cl)c1. The molecule has 17 heavy (non-hydrogen) atoms. The third-order valence-electron chi connectivity index (χ3n) is 3.09. The molecule has 1 fully saturated rings. The monoisotopic (exact) mass is 272 g/mol. The van der Waals surface area contributed by atoms with Gasteiger partial charge in [-0.2, -0.15) is 0 Å². The van der Waals surface area contributed by atoms with Crippen LogP contribution < -0.4 is 11.1 Å². The van der Waals surface area contributed by atoms with Crippen LogP contribution in [-0.2, 0) is 4.79 Å². The summed E-state index contributed by atoms with van der Waals surface area (Å²) >= 11 is 11.7. The van der Waals surface area contributed by atoms with E-state index < -0.39 is 0 Å². The Hall–Kier alpha value is -0.770. The Morgan fingerprint density at radius 2 is 2.06 bits per heavy atom. The van der Waals surface area contributed by atoms with Crippen molar-refractivity contribution in [2.75, 3.05) is 5.32 Å². The number of carbonyl (C=O) groups is 1. The minimum Gasteiger partial charge on any atom is -0.327 e. The fourth-order valence-electron chi connectivity index (χ4n) is 2.12. The number of hydrogen-bond acceptors (Lipinski definition) is 2. The quantitative estimate of drug-likeness (QED) is 0.870. The number of anilines is 1. The van der Waals surface area contributed by atoms with Crippen LogP contribution in [0.5, 0.6) is 0 Å². The van der Waals surface area contributed by atoms with Crippen LogP contribution in [0.25, 0.3) is 0 Å². The molecule has 1 aliphatic carbocycles. The summed E-state index contributed by atoms with van der Waals surface area (Å²) in [5.74, 6) is -0.127. The zero-order valence-electron chi connectivity index (χ0n) is 9.25. The summed E-state index contributed by atoms with van der Waals surface area (Å²) < 4.78 is 0. The number of hydrogen-bond donors (Lipinski definition) is 2. The number of rotatable bonds is 2. The zero-order chi connectivity index (χ0) is 12.4. The Labute approximate surface area is 110 Å². The van der Waals surface area contributed by atoms with Gasteiger partial charge in [0.05, 0.1) is 16.0 Å². The Morgan fingerprint density at radius 1 is 1.29 bits per heavy atom. The number of nitrogens with two attached hydrogens (primary N) is 1. The maximum Gasteiger partial charge on any atom is 0.229 e. The Morgan fingerprint density at radius 3 is 2.65 bits per heavy atom. The standard InChI is InChI=1S/C12H14Cl2N2O/c13-9-5-4-7(6-10(9)14)16-12(17)8-2-1-3-11(8)15/h4-6,8,11H,1-3,15H2,(H,16,17). The van der Waals surface area contributed by atoms with Crippen molar-refractivity contribution in [1.82, 2.24) is 0 Å². The third-order valence-corrected chi connectivity index (χ3v) is 3.83. The minimum atomic E-state index is -0.0931. The second kappa shape index (κ2) is 5.25. The van der Waals surface area contributed by atoms with E-state index in [0.717, 1.165) is 19.3 Å². The van der Waals surface area contributed by atoms with Crippen LogP contribution in [0, 0.1) is 5.92 Å². The van der Waals surface area contributed by atoms with Crippen molar-refractivity contribution in [3.63, 3.8) is 0 Å². The fraction of sp³-hybridized carbons (Fsp3) is 0.417. The highest BCUT2D eigenvalue weighted by atomic mass is 35.5. The van der Waals surface area contributed by atoms with Gasteiger partial charge in [0.2, 0.25) is 5.91 Å². The predicted molar refractivity (Wildman–Crippen MR) is 70.4 cm³/mol. The van der Waals surface area contributed by atoms with Crippen molar-refractivity contribution in [1.29, 1.82) is 0 Å². The fourth-order valence-corrected chi connectivity index (χ4v) is 2.42. The average molecular weight is 273 g/mol. The van der Waals surface area contributed by atoms with Crippen molar-refractivity contribution < 1.29 is 4.79 Å². The molecule has 0 radical (unpaired) electrons. The molecule has 0 heterocycles. The van der Waals surface area contributed by atoms with Crippen LogP contribution >= 0.6 is 23.2 Å². The topological polar surface area (TPSA) is 55.1 Å². The van der Waals surface area contributed by atoms with E-state index in [1.807, 2.05) is 0 Å². The van der Waals surface area contributed by atoms with Crippen molar-refractivity contribution in [2.24, 2.45) is 11.7 Å². The zero-order valence-corrected chi connectivity index (χ0v) is 10.8. The molecule has 0 aromatic heterocycles. The van der Waals surface area contributed by atoms with E-state index in [2.05, 4.69) is 5.32 Å². The van der Waals surface area contributed by atoms with Gasteiger partial charge in [0.25, 0.3) is 0 Å². The summed E-state index contributed by atoms with van der Waals surface area (Å²) in [5.41, 5.74) is 6.54. The third kappa shape index (κ3) is 2.92.